The van der Waals surface area contributed by atoms with Crippen LogP contribution in [0.2, 0.25) is 0 Å². The van der Waals surface area contributed by atoms with Gasteiger partial charge in [-0.3, -0.25) is 9.48 Å². The van der Waals surface area contributed by atoms with Gasteiger partial charge in [0.2, 0.25) is 0 Å². The zero-order valence-corrected chi connectivity index (χ0v) is 23.7. The minimum Gasteiger partial charge on any atom is -0.356 e. The molecule has 1 fully saturated rings. The van der Waals surface area contributed by atoms with Gasteiger partial charge >= 0.3 is 6.18 Å². The summed E-state index contributed by atoms with van der Waals surface area (Å²) in [5.74, 6) is 0.544. The fraction of sp³-hybridized carbons (Fsp3) is 0.407. The molecule has 0 saturated heterocycles. The summed E-state index contributed by atoms with van der Waals surface area (Å²) in [5.41, 5.74) is 2.63. The van der Waals surface area contributed by atoms with Crippen LogP contribution in [-0.2, 0) is 26.6 Å². The predicted molar refractivity (Wildman–Crippen MR) is 152 cm³/mol. The average Bonchev–Trinajstić information content (AvgIpc) is 3.64. The summed E-state index contributed by atoms with van der Waals surface area (Å²) in [6.45, 7) is 1.11. The highest BCUT2D eigenvalue weighted by Crippen LogP contribution is 2.35. The molecule has 3 aromatic heterocycles. The van der Waals surface area contributed by atoms with Crippen molar-refractivity contribution in [1.82, 2.24) is 30.4 Å². The number of alkyl halides is 3. The van der Waals surface area contributed by atoms with E-state index in [4.69, 9.17) is 0 Å². The van der Waals surface area contributed by atoms with Gasteiger partial charge < -0.3 is 15.5 Å². The van der Waals surface area contributed by atoms with Crippen molar-refractivity contribution in [2.75, 3.05) is 11.9 Å². The standard InChI is InChI=1S/C27H30F3N7OS.ClH/c1-36-15-18(14-35-36)13-32-25(38)19-5-3-17(4-6-19)12-31-20-7-8-21(9-20)37(2)24-23-10-22(11-27(28,29)30)39-26(23)34-16-33-24;/h3-6,10,14-16,20-21,31H,7-9,11-13H2,1-2H3,(H,32,38);1H/t20-,21+;/m0./s1. The number of anilines is 1. The van der Waals surface area contributed by atoms with Crippen LogP contribution in [0.1, 0.15) is 45.6 Å². The fourth-order valence-electron chi connectivity index (χ4n) is 5.01. The van der Waals surface area contributed by atoms with Crippen LogP contribution < -0.4 is 15.5 Å². The number of carbonyl (C=O) groups excluding carboxylic acids is 1. The van der Waals surface area contributed by atoms with Crippen LogP contribution in [-0.4, -0.2) is 51.0 Å². The monoisotopic (exact) mass is 593 g/mol. The third-order valence-electron chi connectivity index (χ3n) is 7.04. The van der Waals surface area contributed by atoms with Crippen molar-refractivity contribution in [2.45, 2.75) is 57.0 Å². The Morgan fingerprint density at radius 3 is 2.62 bits per heavy atom. The van der Waals surface area contributed by atoms with Crippen molar-refractivity contribution < 1.29 is 18.0 Å². The first-order valence-corrected chi connectivity index (χ1v) is 13.6. The molecule has 1 aliphatic rings. The van der Waals surface area contributed by atoms with Gasteiger partial charge in [0, 0.05) is 61.5 Å². The zero-order chi connectivity index (χ0) is 27.6. The highest BCUT2D eigenvalue weighted by Gasteiger charge is 2.31. The van der Waals surface area contributed by atoms with Crippen molar-refractivity contribution in [2.24, 2.45) is 7.05 Å². The number of aromatic nitrogens is 4. The molecule has 1 saturated carbocycles. The molecule has 0 unspecified atom stereocenters. The quantitative estimate of drug-likeness (QED) is 0.283. The van der Waals surface area contributed by atoms with E-state index < -0.39 is 12.6 Å². The molecule has 5 rings (SSSR count). The first kappa shape index (κ1) is 29.8. The minimum absolute atomic E-state index is 0. The van der Waals surface area contributed by atoms with Crippen LogP contribution in [0, 0.1) is 0 Å². The van der Waals surface area contributed by atoms with E-state index in [0.29, 0.717) is 40.7 Å². The Kier molecular flexibility index (Phi) is 9.32. The molecule has 0 aliphatic heterocycles. The lowest BCUT2D eigenvalue weighted by atomic mass is 10.1. The molecule has 40 heavy (non-hydrogen) atoms. The number of hydrogen-bond donors (Lipinski definition) is 2. The summed E-state index contributed by atoms with van der Waals surface area (Å²) in [7, 11) is 3.79. The Bertz CT molecular complexity index is 1440. The number of aryl methyl sites for hydroxylation is 1. The van der Waals surface area contributed by atoms with Crippen LogP contribution in [0.15, 0.2) is 49.1 Å². The number of rotatable bonds is 9. The molecular formula is C27H31ClF3N7OS. The summed E-state index contributed by atoms with van der Waals surface area (Å²) in [5, 5.41) is 11.3. The maximum Gasteiger partial charge on any atom is 0.393 e. The minimum atomic E-state index is -4.25. The van der Waals surface area contributed by atoms with E-state index in [1.54, 1.807) is 16.9 Å². The predicted octanol–water partition coefficient (Wildman–Crippen LogP) is 5.03. The molecule has 1 amide bonds. The molecule has 1 aliphatic carbocycles. The van der Waals surface area contributed by atoms with Crippen molar-refractivity contribution in [3.05, 3.63) is 70.6 Å². The first-order valence-electron chi connectivity index (χ1n) is 12.8. The average molecular weight is 594 g/mol. The molecule has 0 spiro atoms. The van der Waals surface area contributed by atoms with Crippen molar-refractivity contribution in [3.63, 3.8) is 0 Å². The summed E-state index contributed by atoms with van der Waals surface area (Å²) >= 11 is 1.07. The van der Waals surface area contributed by atoms with Crippen molar-refractivity contribution >= 4 is 45.7 Å². The van der Waals surface area contributed by atoms with Gasteiger partial charge in [0.25, 0.3) is 5.91 Å². The molecule has 214 valence electrons. The van der Waals surface area contributed by atoms with Gasteiger partial charge in [0.15, 0.2) is 0 Å². The van der Waals surface area contributed by atoms with E-state index in [2.05, 4.69) is 30.6 Å². The third-order valence-corrected chi connectivity index (χ3v) is 8.09. The number of benzene rings is 1. The number of halogens is 4. The number of carbonyl (C=O) groups is 1. The third kappa shape index (κ3) is 7.29. The van der Waals surface area contributed by atoms with Gasteiger partial charge in [-0.25, -0.2) is 9.97 Å². The number of amides is 1. The lowest BCUT2D eigenvalue weighted by Gasteiger charge is -2.26. The molecule has 1 aromatic carbocycles. The fourth-order valence-corrected chi connectivity index (χ4v) is 6.03. The van der Waals surface area contributed by atoms with Gasteiger partial charge in [-0.05, 0) is 43.0 Å². The second kappa shape index (κ2) is 12.5. The Morgan fingerprint density at radius 2 is 1.93 bits per heavy atom. The van der Waals surface area contributed by atoms with Crippen LogP contribution in [0.4, 0.5) is 19.0 Å². The van der Waals surface area contributed by atoms with Gasteiger partial charge in [0.05, 0.1) is 18.0 Å². The second-order valence-corrected chi connectivity index (χ2v) is 11.1. The van der Waals surface area contributed by atoms with E-state index in [-0.39, 0.29) is 29.2 Å². The lowest BCUT2D eigenvalue weighted by Crippen LogP contribution is -2.33. The van der Waals surface area contributed by atoms with Gasteiger partial charge in [-0.15, -0.1) is 23.7 Å². The van der Waals surface area contributed by atoms with E-state index in [1.165, 1.54) is 6.33 Å². The number of nitrogens with one attached hydrogen (secondary N) is 2. The van der Waals surface area contributed by atoms with Gasteiger partial charge in [-0.1, -0.05) is 12.1 Å². The molecule has 13 heteroatoms. The maximum absolute atomic E-state index is 12.9. The number of hydrogen-bond acceptors (Lipinski definition) is 7. The smallest absolute Gasteiger partial charge is 0.356 e. The van der Waals surface area contributed by atoms with Crippen LogP contribution in [0.25, 0.3) is 10.2 Å². The Hall–Kier alpha value is -3.22. The molecule has 2 atom stereocenters. The normalized spacial score (nSPS) is 17.1. The molecule has 0 radical (unpaired) electrons. The summed E-state index contributed by atoms with van der Waals surface area (Å²) in [6.07, 6.45) is 2.65. The molecule has 2 N–H and O–H groups in total. The Morgan fingerprint density at radius 1 is 1.15 bits per heavy atom. The molecule has 8 nitrogen and oxygen atoms in total. The summed E-state index contributed by atoms with van der Waals surface area (Å²) in [6, 6.07) is 9.67. The maximum atomic E-state index is 12.9. The SMILES string of the molecule is CN(c1ncnc2sc(CC(F)(F)F)cc12)[C@@H]1CC[C@H](NCc2ccc(C(=O)NCc3cnn(C)c3)cc2)C1.Cl. The molecular weight excluding hydrogens is 563 g/mol. The Balaban J connectivity index is 0.00000370. The Labute approximate surface area is 240 Å². The van der Waals surface area contributed by atoms with Crippen molar-refractivity contribution in [3.8, 4) is 0 Å². The van der Waals surface area contributed by atoms with Crippen molar-refractivity contribution in [1.29, 1.82) is 0 Å². The highest BCUT2D eigenvalue weighted by molar-refractivity contribution is 7.18. The number of fused-ring (bicyclic) bond motifs is 1. The van der Waals surface area contributed by atoms with Crippen LogP contribution >= 0.6 is 23.7 Å². The van der Waals surface area contributed by atoms with E-state index in [1.807, 2.05) is 44.6 Å². The molecule has 4 aromatic rings. The highest BCUT2D eigenvalue weighted by atomic mass is 35.5. The number of thiophene rings is 1. The largest absolute Gasteiger partial charge is 0.393 e. The molecule has 0 bridgehead atoms. The lowest BCUT2D eigenvalue weighted by molar-refractivity contribution is -0.126. The van der Waals surface area contributed by atoms with E-state index >= 15 is 0 Å². The van der Waals surface area contributed by atoms with E-state index in [0.717, 1.165) is 41.7 Å². The van der Waals surface area contributed by atoms with Gasteiger partial charge in [0.1, 0.15) is 17.0 Å². The summed E-state index contributed by atoms with van der Waals surface area (Å²) < 4.78 is 40.4. The first-order chi connectivity index (χ1) is 18.6. The van der Waals surface area contributed by atoms with E-state index in [9.17, 15) is 18.0 Å². The van der Waals surface area contributed by atoms with Gasteiger partial charge in [-0.2, -0.15) is 18.3 Å². The van der Waals surface area contributed by atoms with Crippen LogP contribution in [0.3, 0.4) is 0 Å². The van der Waals surface area contributed by atoms with Crippen LogP contribution in [0.5, 0.6) is 0 Å². The second-order valence-electron chi connectivity index (χ2n) is 9.98. The number of nitrogens with zero attached hydrogens (tertiary/aromatic N) is 5. The summed E-state index contributed by atoms with van der Waals surface area (Å²) in [4.78, 5) is 24.0. The topological polar surface area (TPSA) is 88.0 Å². The molecule has 3 heterocycles. The zero-order valence-electron chi connectivity index (χ0n) is 22.1.